The maximum Gasteiger partial charge on any atom is 0.164 e. The number of Topliss-reactive ketones (excluding diaryl/α,β-unsaturated/α-hetero) is 1. The fourth-order valence-electron chi connectivity index (χ4n) is 1.80. The summed E-state index contributed by atoms with van der Waals surface area (Å²) >= 11 is 0. The third-order valence-electron chi connectivity index (χ3n) is 2.94. The van der Waals surface area contributed by atoms with E-state index in [4.69, 9.17) is 4.74 Å². The van der Waals surface area contributed by atoms with Crippen molar-refractivity contribution in [2.75, 3.05) is 20.6 Å². The van der Waals surface area contributed by atoms with Gasteiger partial charge in [-0.1, -0.05) is 18.2 Å². The lowest BCUT2D eigenvalue weighted by atomic mass is 10.1. The van der Waals surface area contributed by atoms with Crippen LogP contribution in [0.5, 0.6) is 11.5 Å². The van der Waals surface area contributed by atoms with Gasteiger partial charge in [0.25, 0.3) is 0 Å². The molecule has 0 aromatic heterocycles. The number of hydrogen-bond donors (Lipinski definition) is 0. The molecule has 0 aliphatic heterocycles. The number of carbonyl (C=O) groups excluding carboxylic acids is 1. The Balaban J connectivity index is 0.00000220. The monoisotopic (exact) mass is 305 g/mol. The largest absolute Gasteiger partial charge is 0.457 e. The Morgan fingerprint density at radius 2 is 1.52 bits per heavy atom. The first-order valence-corrected chi connectivity index (χ1v) is 6.66. The summed E-state index contributed by atoms with van der Waals surface area (Å²) < 4.78 is 5.69. The lowest BCUT2D eigenvalue weighted by molar-refractivity contribution is 0.0972. The second kappa shape index (κ2) is 8.45. The Morgan fingerprint density at radius 1 is 0.952 bits per heavy atom. The molecule has 0 unspecified atom stereocenters. The van der Waals surface area contributed by atoms with Crippen molar-refractivity contribution in [3.63, 3.8) is 0 Å². The highest BCUT2D eigenvalue weighted by Gasteiger charge is 2.06. The first-order valence-electron chi connectivity index (χ1n) is 6.66. The predicted molar refractivity (Wildman–Crippen MR) is 87.7 cm³/mol. The van der Waals surface area contributed by atoms with E-state index >= 15 is 0 Å². The minimum atomic E-state index is 0. The average molecular weight is 306 g/mol. The second-order valence-electron chi connectivity index (χ2n) is 4.92. The van der Waals surface area contributed by atoms with Crippen molar-refractivity contribution in [3.8, 4) is 11.5 Å². The van der Waals surface area contributed by atoms with Crippen LogP contribution < -0.4 is 4.74 Å². The maximum atomic E-state index is 12.0. The molecule has 0 saturated carbocycles. The molecular weight excluding hydrogens is 286 g/mol. The smallest absolute Gasteiger partial charge is 0.164 e. The lowest BCUT2D eigenvalue weighted by Crippen LogP contribution is -2.16. The Kier molecular flexibility index (Phi) is 6.92. The molecule has 0 radical (unpaired) electrons. The minimum absolute atomic E-state index is 0. The fraction of sp³-hybridized carbons (Fsp3) is 0.235. The van der Waals surface area contributed by atoms with Gasteiger partial charge >= 0.3 is 0 Å². The van der Waals surface area contributed by atoms with E-state index in [9.17, 15) is 4.79 Å². The molecule has 2 aromatic rings. The van der Waals surface area contributed by atoms with Crippen LogP contribution in [0.4, 0.5) is 0 Å². The number of benzene rings is 2. The van der Waals surface area contributed by atoms with E-state index in [0.717, 1.165) is 23.6 Å². The molecule has 2 rings (SSSR count). The summed E-state index contributed by atoms with van der Waals surface area (Å²) in [5.74, 6) is 1.68. The normalized spacial score (nSPS) is 10.0. The first kappa shape index (κ1) is 17.2. The van der Waals surface area contributed by atoms with Crippen LogP contribution in [-0.4, -0.2) is 31.3 Å². The molecule has 0 amide bonds. The van der Waals surface area contributed by atoms with Crippen molar-refractivity contribution >= 4 is 18.2 Å². The van der Waals surface area contributed by atoms with Crippen LogP contribution in [0.1, 0.15) is 16.8 Å². The lowest BCUT2D eigenvalue weighted by Gasteiger charge is -2.09. The fourth-order valence-corrected chi connectivity index (χ4v) is 1.80. The second-order valence-corrected chi connectivity index (χ2v) is 4.92. The van der Waals surface area contributed by atoms with E-state index in [1.807, 2.05) is 73.6 Å². The SMILES string of the molecule is CN(C)CCC(=O)c1ccc(Oc2ccccc2)cc1.Cl. The molecule has 4 heteroatoms. The summed E-state index contributed by atoms with van der Waals surface area (Å²) in [5.41, 5.74) is 0.729. The van der Waals surface area contributed by atoms with Gasteiger partial charge in [0, 0.05) is 18.5 Å². The van der Waals surface area contributed by atoms with Crippen molar-refractivity contribution in [2.24, 2.45) is 0 Å². The standard InChI is InChI=1S/C17H19NO2.ClH/c1-18(2)13-12-17(19)14-8-10-16(11-9-14)20-15-6-4-3-5-7-15;/h3-11H,12-13H2,1-2H3;1H. The zero-order chi connectivity index (χ0) is 14.4. The van der Waals surface area contributed by atoms with E-state index in [-0.39, 0.29) is 18.2 Å². The van der Waals surface area contributed by atoms with Crippen LogP contribution in [0.25, 0.3) is 0 Å². The van der Waals surface area contributed by atoms with Gasteiger partial charge in [0.05, 0.1) is 0 Å². The van der Waals surface area contributed by atoms with Crippen LogP contribution in [0.15, 0.2) is 54.6 Å². The third kappa shape index (κ3) is 5.58. The zero-order valence-corrected chi connectivity index (χ0v) is 13.1. The van der Waals surface area contributed by atoms with E-state index in [1.54, 1.807) is 0 Å². The van der Waals surface area contributed by atoms with Crippen molar-refractivity contribution < 1.29 is 9.53 Å². The first-order chi connectivity index (χ1) is 9.65. The molecule has 0 aliphatic carbocycles. The predicted octanol–water partition coefficient (Wildman–Crippen LogP) is 4.04. The number of rotatable bonds is 6. The number of ketones is 1. The van der Waals surface area contributed by atoms with Crippen molar-refractivity contribution in [2.45, 2.75) is 6.42 Å². The van der Waals surface area contributed by atoms with Gasteiger partial charge in [0.15, 0.2) is 5.78 Å². The number of ether oxygens (including phenoxy) is 1. The average Bonchev–Trinajstić information content (AvgIpc) is 2.46. The van der Waals surface area contributed by atoms with E-state index < -0.39 is 0 Å². The molecule has 0 bridgehead atoms. The van der Waals surface area contributed by atoms with Crippen molar-refractivity contribution in [3.05, 3.63) is 60.2 Å². The number of halogens is 1. The molecule has 3 nitrogen and oxygen atoms in total. The van der Waals surface area contributed by atoms with Gasteiger partial charge in [0.1, 0.15) is 11.5 Å². The van der Waals surface area contributed by atoms with Crippen LogP contribution in [0.2, 0.25) is 0 Å². The number of nitrogens with zero attached hydrogens (tertiary/aromatic N) is 1. The van der Waals surface area contributed by atoms with E-state index in [0.29, 0.717) is 6.42 Å². The zero-order valence-electron chi connectivity index (χ0n) is 12.3. The molecule has 112 valence electrons. The molecule has 0 atom stereocenters. The Hall–Kier alpha value is -1.84. The molecule has 2 aromatic carbocycles. The van der Waals surface area contributed by atoms with Crippen LogP contribution in [0.3, 0.4) is 0 Å². The number of carbonyl (C=O) groups is 1. The summed E-state index contributed by atoms with van der Waals surface area (Å²) in [6.07, 6.45) is 0.534. The molecule has 0 N–H and O–H groups in total. The van der Waals surface area contributed by atoms with Crippen molar-refractivity contribution in [1.82, 2.24) is 4.90 Å². The number of hydrogen-bond acceptors (Lipinski definition) is 3. The Labute approximate surface area is 132 Å². The van der Waals surface area contributed by atoms with Crippen LogP contribution >= 0.6 is 12.4 Å². The summed E-state index contributed by atoms with van der Waals surface area (Å²) in [6, 6.07) is 16.9. The highest BCUT2D eigenvalue weighted by atomic mass is 35.5. The molecule has 0 spiro atoms. The maximum absolute atomic E-state index is 12.0. The Bertz CT molecular complexity index is 553. The third-order valence-corrected chi connectivity index (χ3v) is 2.94. The summed E-state index contributed by atoms with van der Waals surface area (Å²) in [4.78, 5) is 14.0. The molecule has 0 aliphatic rings. The van der Waals surface area contributed by atoms with Crippen LogP contribution in [-0.2, 0) is 0 Å². The summed E-state index contributed by atoms with van der Waals surface area (Å²) in [6.45, 7) is 0.765. The van der Waals surface area contributed by atoms with Gasteiger partial charge < -0.3 is 9.64 Å². The van der Waals surface area contributed by atoms with Gasteiger partial charge in [-0.2, -0.15) is 0 Å². The van der Waals surface area contributed by atoms with Gasteiger partial charge in [-0.3, -0.25) is 4.79 Å². The minimum Gasteiger partial charge on any atom is -0.457 e. The molecule has 0 heterocycles. The van der Waals surface area contributed by atoms with E-state index in [1.165, 1.54) is 0 Å². The molecule has 0 fully saturated rings. The van der Waals surface area contributed by atoms with Crippen LogP contribution in [0, 0.1) is 0 Å². The van der Waals surface area contributed by atoms with Gasteiger partial charge in [-0.25, -0.2) is 0 Å². The van der Waals surface area contributed by atoms with Gasteiger partial charge in [0.2, 0.25) is 0 Å². The highest BCUT2D eigenvalue weighted by molar-refractivity contribution is 5.96. The quantitative estimate of drug-likeness (QED) is 0.755. The van der Waals surface area contributed by atoms with Gasteiger partial charge in [-0.05, 0) is 50.5 Å². The summed E-state index contributed by atoms with van der Waals surface area (Å²) in [7, 11) is 3.92. The van der Waals surface area contributed by atoms with Crippen molar-refractivity contribution in [1.29, 1.82) is 0 Å². The molecule has 21 heavy (non-hydrogen) atoms. The summed E-state index contributed by atoms with van der Waals surface area (Å²) in [5, 5.41) is 0. The molecule has 0 saturated heterocycles. The Morgan fingerprint density at radius 3 is 2.10 bits per heavy atom. The highest BCUT2D eigenvalue weighted by Crippen LogP contribution is 2.21. The molecular formula is C17H20ClNO2. The van der Waals surface area contributed by atoms with E-state index in [2.05, 4.69) is 0 Å². The topological polar surface area (TPSA) is 29.5 Å². The number of para-hydroxylation sites is 1. The van der Waals surface area contributed by atoms with Gasteiger partial charge in [-0.15, -0.1) is 12.4 Å².